The summed E-state index contributed by atoms with van der Waals surface area (Å²) < 4.78 is 5.29. The molecule has 0 aromatic rings. The molecule has 0 radical (unpaired) electrons. The Bertz CT molecular complexity index is 254. The standard InChI is InChI=1S/C13H24N2O2/c1-9-6-10(8-11(14)7-9)13(16)15-12-2-4-17-5-3-12/h9-12H,2-8,14H2,1H3,(H,15,16). The summed E-state index contributed by atoms with van der Waals surface area (Å²) in [6.45, 7) is 3.73. The molecule has 3 atom stereocenters. The third kappa shape index (κ3) is 3.68. The molecule has 17 heavy (non-hydrogen) atoms. The Kier molecular flexibility index (Phi) is 4.40. The Labute approximate surface area is 103 Å². The van der Waals surface area contributed by atoms with Crippen LogP contribution in [0.25, 0.3) is 0 Å². The Morgan fingerprint density at radius 3 is 2.59 bits per heavy atom. The first kappa shape index (κ1) is 12.8. The van der Waals surface area contributed by atoms with E-state index in [1.54, 1.807) is 0 Å². The minimum atomic E-state index is 0.122. The average Bonchev–Trinajstić information content (AvgIpc) is 2.29. The van der Waals surface area contributed by atoms with E-state index < -0.39 is 0 Å². The zero-order valence-electron chi connectivity index (χ0n) is 10.7. The first-order valence-electron chi connectivity index (χ1n) is 6.79. The predicted molar refractivity (Wildman–Crippen MR) is 66.5 cm³/mol. The van der Waals surface area contributed by atoms with Crippen molar-refractivity contribution in [3.8, 4) is 0 Å². The lowest BCUT2D eigenvalue weighted by molar-refractivity contribution is -0.127. The summed E-state index contributed by atoms with van der Waals surface area (Å²) >= 11 is 0. The smallest absolute Gasteiger partial charge is 0.223 e. The lowest BCUT2D eigenvalue weighted by Gasteiger charge is -2.32. The second-order valence-electron chi connectivity index (χ2n) is 5.66. The summed E-state index contributed by atoms with van der Waals surface area (Å²) in [5.74, 6) is 0.902. The van der Waals surface area contributed by atoms with E-state index in [-0.39, 0.29) is 17.9 Å². The molecule has 3 unspecified atom stereocenters. The van der Waals surface area contributed by atoms with Crippen molar-refractivity contribution in [2.24, 2.45) is 17.6 Å². The summed E-state index contributed by atoms with van der Waals surface area (Å²) in [6.07, 6.45) is 4.78. The number of nitrogens with two attached hydrogens (primary N) is 1. The van der Waals surface area contributed by atoms with Gasteiger partial charge in [-0.15, -0.1) is 0 Å². The van der Waals surface area contributed by atoms with Gasteiger partial charge in [-0.25, -0.2) is 0 Å². The van der Waals surface area contributed by atoms with Gasteiger partial charge in [-0.3, -0.25) is 4.79 Å². The van der Waals surface area contributed by atoms with E-state index in [0.717, 1.165) is 45.3 Å². The molecule has 3 N–H and O–H groups in total. The average molecular weight is 240 g/mol. The van der Waals surface area contributed by atoms with Crippen molar-refractivity contribution in [2.45, 2.75) is 51.1 Å². The molecule has 0 spiro atoms. The van der Waals surface area contributed by atoms with Crippen LogP contribution in [0.2, 0.25) is 0 Å². The number of carbonyl (C=O) groups excluding carboxylic acids is 1. The Morgan fingerprint density at radius 1 is 1.24 bits per heavy atom. The van der Waals surface area contributed by atoms with Crippen molar-refractivity contribution in [3.05, 3.63) is 0 Å². The fourth-order valence-corrected chi connectivity index (χ4v) is 3.03. The van der Waals surface area contributed by atoms with Crippen molar-refractivity contribution in [3.63, 3.8) is 0 Å². The molecule has 2 aliphatic rings. The molecular weight excluding hydrogens is 216 g/mol. The molecule has 4 heteroatoms. The quantitative estimate of drug-likeness (QED) is 0.758. The molecule has 1 heterocycles. The molecule has 1 saturated heterocycles. The van der Waals surface area contributed by atoms with Crippen LogP contribution in [0.4, 0.5) is 0 Å². The highest BCUT2D eigenvalue weighted by Gasteiger charge is 2.30. The molecule has 0 bridgehead atoms. The van der Waals surface area contributed by atoms with Crippen LogP contribution in [0, 0.1) is 11.8 Å². The van der Waals surface area contributed by atoms with E-state index in [1.807, 2.05) is 0 Å². The third-order valence-corrected chi connectivity index (χ3v) is 3.92. The topological polar surface area (TPSA) is 64.4 Å². The van der Waals surface area contributed by atoms with Gasteiger partial charge in [0.2, 0.25) is 5.91 Å². The van der Waals surface area contributed by atoms with Crippen molar-refractivity contribution in [1.82, 2.24) is 5.32 Å². The summed E-state index contributed by atoms with van der Waals surface area (Å²) in [7, 11) is 0. The van der Waals surface area contributed by atoms with Gasteiger partial charge < -0.3 is 15.8 Å². The molecule has 2 rings (SSSR count). The highest BCUT2D eigenvalue weighted by molar-refractivity contribution is 5.79. The predicted octanol–water partition coefficient (Wildman–Crippen LogP) is 1.05. The van der Waals surface area contributed by atoms with Gasteiger partial charge in [0.25, 0.3) is 0 Å². The van der Waals surface area contributed by atoms with Crippen molar-refractivity contribution in [2.75, 3.05) is 13.2 Å². The number of rotatable bonds is 2. The minimum Gasteiger partial charge on any atom is -0.381 e. The number of hydrogen-bond donors (Lipinski definition) is 2. The summed E-state index contributed by atoms with van der Waals surface area (Å²) in [4.78, 5) is 12.1. The zero-order valence-corrected chi connectivity index (χ0v) is 10.7. The van der Waals surface area contributed by atoms with E-state index in [1.165, 1.54) is 0 Å². The maximum absolute atomic E-state index is 12.1. The summed E-state index contributed by atoms with van der Waals surface area (Å²) in [5.41, 5.74) is 5.99. The van der Waals surface area contributed by atoms with E-state index in [0.29, 0.717) is 12.0 Å². The molecule has 0 aromatic heterocycles. The summed E-state index contributed by atoms with van der Waals surface area (Å²) in [6, 6.07) is 0.508. The Morgan fingerprint density at radius 2 is 1.94 bits per heavy atom. The van der Waals surface area contributed by atoms with Gasteiger partial charge in [-0.2, -0.15) is 0 Å². The number of ether oxygens (including phenoxy) is 1. The van der Waals surface area contributed by atoms with Crippen molar-refractivity contribution in [1.29, 1.82) is 0 Å². The van der Waals surface area contributed by atoms with Gasteiger partial charge in [-0.05, 0) is 38.0 Å². The maximum Gasteiger partial charge on any atom is 0.223 e. The van der Waals surface area contributed by atoms with Gasteiger partial charge in [0.1, 0.15) is 0 Å². The van der Waals surface area contributed by atoms with Crippen LogP contribution in [0.1, 0.15) is 39.0 Å². The van der Waals surface area contributed by atoms with Crippen LogP contribution in [-0.2, 0) is 9.53 Å². The molecule has 1 aliphatic carbocycles. The molecule has 0 aromatic carbocycles. The molecule has 2 fully saturated rings. The normalized spacial score (nSPS) is 35.5. The van der Waals surface area contributed by atoms with Gasteiger partial charge in [0, 0.05) is 31.2 Å². The van der Waals surface area contributed by atoms with Crippen molar-refractivity contribution < 1.29 is 9.53 Å². The first-order chi connectivity index (χ1) is 8.15. The van der Waals surface area contributed by atoms with Gasteiger partial charge in [-0.1, -0.05) is 6.92 Å². The Hall–Kier alpha value is -0.610. The lowest BCUT2D eigenvalue weighted by atomic mass is 9.79. The van der Waals surface area contributed by atoms with E-state index in [4.69, 9.17) is 10.5 Å². The number of amides is 1. The molecule has 4 nitrogen and oxygen atoms in total. The van der Waals surface area contributed by atoms with Gasteiger partial charge in [0.05, 0.1) is 0 Å². The molecule has 1 amide bonds. The lowest BCUT2D eigenvalue weighted by Crippen LogP contribution is -2.45. The Balaban J connectivity index is 1.81. The number of hydrogen-bond acceptors (Lipinski definition) is 3. The zero-order chi connectivity index (χ0) is 12.3. The van der Waals surface area contributed by atoms with Crippen molar-refractivity contribution >= 4 is 5.91 Å². The second kappa shape index (κ2) is 5.83. The fraction of sp³-hybridized carbons (Fsp3) is 0.923. The maximum atomic E-state index is 12.1. The largest absolute Gasteiger partial charge is 0.381 e. The monoisotopic (exact) mass is 240 g/mol. The first-order valence-corrected chi connectivity index (χ1v) is 6.79. The van der Waals surface area contributed by atoms with Crippen LogP contribution in [0.3, 0.4) is 0 Å². The molecule has 1 aliphatic heterocycles. The third-order valence-electron chi connectivity index (χ3n) is 3.92. The van der Waals surface area contributed by atoms with E-state index in [9.17, 15) is 4.79 Å². The fourth-order valence-electron chi connectivity index (χ4n) is 3.03. The minimum absolute atomic E-state index is 0.122. The van der Waals surface area contributed by atoms with Gasteiger partial charge >= 0.3 is 0 Å². The highest BCUT2D eigenvalue weighted by Crippen LogP contribution is 2.28. The van der Waals surface area contributed by atoms with Crippen LogP contribution in [0.15, 0.2) is 0 Å². The van der Waals surface area contributed by atoms with E-state index >= 15 is 0 Å². The molecule has 98 valence electrons. The van der Waals surface area contributed by atoms with Crippen LogP contribution >= 0.6 is 0 Å². The van der Waals surface area contributed by atoms with Crippen LogP contribution in [0.5, 0.6) is 0 Å². The SMILES string of the molecule is CC1CC(N)CC(C(=O)NC2CCOCC2)C1. The second-order valence-corrected chi connectivity index (χ2v) is 5.66. The molecule has 1 saturated carbocycles. The van der Waals surface area contributed by atoms with E-state index in [2.05, 4.69) is 12.2 Å². The summed E-state index contributed by atoms with van der Waals surface area (Å²) in [5, 5.41) is 3.16. The molecular formula is C13H24N2O2. The van der Waals surface area contributed by atoms with Crippen LogP contribution < -0.4 is 11.1 Å². The van der Waals surface area contributed by atoms with Crippen LogP contribution in [-0.4, -0.2) is 31.2 Å². The number of nitrogens with one attached hydrogen (secondary N) is 1. The van der Waals surface area contributed by atoms with Gasteiger partial charge in [0.15, 0.2) is 0 Å². The highest BCUT2D eigenvalue weighted by atomic mass is 16.5. The number of carbonyl (C=O) groups is 1.